The highest BCUT2D eigenvalue weighted by Crippen LogP contribution is 2.32. The predicted octanol–water partition coefficient (Wildman–Crippen LogP) is 3.29. The van der Waals surface area contributed by atoms with Crippen LogP contribution in [0.1, 0.15) is 25.8 Å². The number of ether oxygens (including phenoxy) is 2. The second-order valence-electron chi connectivity index (χ2n) is 7.23. The van der Waals surface area contributed by atoms with Crippen LogP contribution in [0, 0.1) is 0 Å². The molecule has 1 atom stereocenters. The van der Waals surface area contributed by atoms with Gasteiger partial charge in [0.2, 0.25) is 11.8 Å². The molecule has 6 nitrogen and oxygen atoms in total. The van der Waals surface area contributed by atoms with Crippen LogP contribution in [0.5, 0.6) is 11.5 Å². The zero-order chi connectivity index (χ0) is 20.8. The summed E-state index contributed by atoms with van der Waals surface area (Å²) in [5.74, 6) is 1.46. The smallest absolute Gasteiger partial charge is 0.229 e. The molecule has 1 unspecified atom stereocenters. The van der Waals surface area contributed by atoms with Gasteiger partial charge >= 0.3 is 0 Å². The Morgan fingerprint density at radius 2 is 1.76 bits per heavy atom. The van der Waals surface area contributed by atoms with Gasteiger partial charge in [0.1, 0.15) is 18.1 Å². The maximum Gasteiger partial charge on any atom is 0.229 e. The van der Waals surface area contributed by atoms with Gasteiger partial charge in [-0.25, -0.2) is 0 Å². The molecule has 0 spiro atoms. The zero-order valence-corrected chi connectivity index (χ0v) is 17.3. The Hall–Kier alpha value is -3.02. The normalized spacial score (nSPS) is 15.0. The van der Waals surface area contributed by atoms with Gasteiger partial charge in [-0.05, 0) is 49.2 Å². The van der Waals surface area contributed by atoms with E-state index in [0.29, 0.717) is 31.9 Å². The number of hydrogen-bond donors (Lipinski definition) is 0. The van der Waals surface area contributed by atoms with Crippen molar-refractivity contribution in [3.8, 4) is 11.5 Å². The number of nitrogens with zero attached hydrogens (tertiary/aromatic N) is 2. The Labute approximate surface area is 172 Å². The van der Waals surface area contributed by atoms with E-state index in [1.54, 1.807) is 12.0 Å². The number of amides is 2. The summed E-state index contributed by atoms with van der Waals surface area (Å²) < 4.78 is 10.8. The van der Waals surface area contributed by atoms with Crippen LogP contribution in [0.15, 0.2) is 48.5 Å². The van der Waals surface area contributed by atoms with Crippen LogP contribution in [-0.2, 0) is 16.0 Å². The van der Waals surface area contributed by atoms with Crippen LogP contribution in [0.25, 0.3) is 0 Å². The van der Waals surface area contributed by atoms with E-state index in [0.717, 1.165) is 17.9 Å². The number of benzene rings is 2. The van der Waals surface area contributed by atoms with E-state index in [2.05, 4.69) is 13.0 Å². The number of methoxy groups -OCH3 is 1. The molecule has 2 amide bonds. The predicted molar refractivity (Wildman–Crippen MR) is 112 cm³/mol. The lowest BCUT2D eigenvalue weighted by Crippen LogP contribution is -2.40. The van der Waals surface area contributed by atoms with Gasteiger partial charge in [0.15, 0.2) is 0 Å². The fourth-order valence-electron chi connectivity index (χ4n) is 3.67. The largest absolute Gasteiger partial charge is 0.497 e. The van der Waals surface area contributed by atoms with E-state index in [1.807, 2.05) is 47.4 Å². The molecule has 2 aromatic carbocycles. The van der Waals surface area contributed by atoms with Crippen LogP contribution in [0.2, 0.25) is 0 Å². The Balaban J connectivity index is 1.51. The minimum atomic E-state index is -0.0639. The summed E-state index contributed by atoms with van der Waals surface area (Å²) in [7, 11) is 1.61. The van der Waals surface area contributed by atoms with Gasteiger partial charge in [-0.15, -0.1) is 0 Å². The zero-order valence-electron chi connectivity index (χ0n) is 17.3. The number of anilines is 1. The van der Waals surface area contributed by atoms with Crippen molar-refractivity contribution < 1.29 is 19.1 Å². The van der Waals surface area contributed by atoms with Crippen LogP contribution in [0.3, 0.4) is 0 Å². The highest BCUT2D eigenvalue weighted by Gasteiger charge is 2.30. The van der Waals surface area contributed by atoms with Crippen LogP contribution < -0.4 is 14.4 Å². The molecular weight excluding hydrogens is 368 g/mol. The molecule has 0 saturated heterocycles. The average molecular weight is 396 g/mol. The number of hydrogen-bond acceptors (Lipinski definition) is 4. The summed E-state index contributed by atoms with van der Waals surface area (Å²) in [5, 5.41) is 0. The van der Waals surface area contributed by atoms with Crippen molar-refractivity contribution in [1.82, 2.24) is 4.90 Å². The summed E-state index contributed by atoms with van der Waals surface area (Å²) in [6.45, 7) is 4.75. The molecule has 1 heterocycles. The van der Waals surface area contributed by atoms with Crippen molar-refractivity contribution in [2.45, 2.75) is 32.7 Å². The molecular formula is C23H28N2O4. The molecule has 2 aromatic rings. The second-order valence-corrected chi connectivity index (χ2v) is 7.23. The summed E-state index contributed by atoms with van der Waals surface area (Å²) in [6.07, 6.45) is 1.16. The minimum absolute atomic E-state index is 0.0461. The van der Waals surface area contributed by atoms with Crippen LogP contribution >= 0.6 is 0 Å². The van der Waals surface area contributed by atoms with Crippen LogP contribution in [-0.4, -0.2) is 49.6 Å². The van der Waals surface area contributed by atoms with Crippen molar-refractivity contribution in [3.63, 3.8) is 0 Å². The third-order valence-electron chi connectivity index (χ3n) is 5.21. The first-order valence-corrected chi connectivity index (χ1v) is 9.92. The number of carbonyl (C=O) groups is 2. The third-order valence-corrected chi connectivity index (χ3v) is 5.21. The lowest BCUT2D eigenvalue weighted by Gasteiger charge is -2.25. The quantitative estimate of drug-likeness (QED) is 0.687. The van der Waals surface area contributed by atoms with E-state index < -0.39 is 0 Å². The molecule has 0 aliphatic carbocycles. The highest BCUT2D eigenvalue weighted by atomic mass is 16.5. The first kappa shape index (κ1) is 20.7. The summed E-state index contributed by atoms with van der Waals surface area (Å²) >= 11 is 0. The summed E-state index contributed by atoms with van der Waals surface area (Å²) in [4.78, 5) is 28.4. The summed E-state index contributed by atoms with van der Waals surface area (Å²) in [5.41, 5.74) is 2.19. The Morgan fingerprint density at radius 1 is 1.07 bits per heavy atom. The number of carbonyl (C=O) groups excluding carboxylic acids is 2. The molecule has 0 N–H and O–H groups in total. The van der Waals surface area contributed by atoms with E-state index in [-0.39, 0.29) is 17.9 Å². The number of rotatable bonds is 8. The second kappa shape index (κ2) is 9.45. The van der Waals surface area contributed by atoms with Crippen molar-refractivity contribution in [3.05, 3.63) is 54.1 Å². The maximum absolute atomic E-state index is 12.8. The van der Waals surface area contributed by atoms with Gasteiger partial charge in [0, 0.05) is 31.6 Å². The maximum atomic E-state index is 12.8. The fourth-order valence-corrected chi connectivity index (χ4v) is 3.67. The molecule has 3 rings (SSSR count). The highest BCUT2D eigenvalue weighted by molar-refractivity contribution is 5.96. The van der Waals surface area contributed by atoms with E-state index in [4.69, 9.17) is 9.47 Å². The standard InChI is InChI=1S/C23H28N2O4/c1-17-16-19-6-4-5-7-22(19)25(17)23(27)12-13-24(18(2)26)14-15-29-21-10-8-20(28-3)9-11-21/h4-11,17H,12-16H2,1-3H3. The molecule has 1 aliphatic rings. The fraction of sp³-hybridized carbons (Fsp3) is 0.391. The molecule has 154 valence electrons. The lowest BCUT2D eigenvalue weighted by atomic mass is 10.1. The molecule has 0 aromatic heterocycles. The topological polar surface area (TPSA) is 59.1 Å². The van der Waals surface area contributed by atoms with E-state index in [9.17, 15) is 9.59 Å². The lowest BCUT2D eigenvalue weighted by molar-refractivity contribution is -0.129. The van der Waals surface area contributed by atoms with Gasteiger partial charge in [0.25, 0.3) is 0 Å². The third kappa shape index (κ3) is 5.08. The Kier molecular flexibility index (Phi) is 6.75. The molecule has 0 saturated carbocycles. The van der Waals surface area contributed by atoms with Crippen molar-refractivity contribution in [2.75, 3.05) is 31.7 Å². The van der Waals surface area contributed by atoms with Gasteiger partial charge in [-0.3, -0.25) is 9.59 Å². The molecule has 0 bridgehead atoms. The van der Waals surface area contributed by atoms with Gasteiger partial charge < -0.3 is 19.3 Å². The first-order valence-electron chi connectivity index (χ1n) is 9.92. The van der Waals surface area contributed by atoms with Gasteiger partial charge in [-0.1, -0.05) is 18.2 Å². The molecule has 29 heavy (non-hydrogen) atoms. The monoisotopic (exact) mass is 396 g/mol. The average Bonchev–Trinajstić information content (AvgIpc) is 3.06. The van der Waals surface area contributed by atoms with Crippen molar-refractivity contribution in [1.29, 1.82) is 0 Å². The molecule has 0 fully saturated rings. The molecule has 1 aliphatic heterocycles. The van der Waals surface area contributed by atoms with Crippen molar-refractivity contribution >= 4 is 17.5 Å². The molecule has 0 radical (unpaired) electrons. The van der Waals surface area contributed by atoms with Gasteiger partial charge in [0.05, 0.1) is 13.7 Å². The van der Waals surface area contributed by atoms with Crippen molar-refractivity contribution in [2.24, 2.45) is 0 Å². The number of fused-ring (bicyclic) bond motifs is 1. The van der Waals surface area contributed by atoms with Gasteiger partial charge in [-0.2, -0.15) is 0 Å². The van der Waals surface area contributed by atoms with E-state index >= 15 is 0 Å². The molecule has 6 heteroatoms. The minimum Gasteiger partial charge on any atom is -0.497 e. The van der Waals surface area contributed by atoms with E-state index in [1.165, 1.54) is 12.5 Å². The number of para-hydroxylation sites is 1. The summed E-state index contributed by atoms with van der Waals surface area (Å²) in [6, 6.07) is 15.5. The Morgan fingerprint density at radius 3 is 2.45 bits per heavy atom. The SMILES string of the molecule is COc1ccc(OCCN(CCC(=O)N2c3ccccc3CC2C)C(C)=O)cc1. The Bertz CT molecular complexity index is 850. The van der Waals surface area contributed by atoms with Crippen LogP contribution in [0.4, 0.5) is 5.69 Å². The first-order chi connectivity index (χ1) is 14.0.